The molecule has 1 aliphatic heterocycles. The predicted octanol–water partition coefficient (Wildman–Crippen LogP) is 3.57. The van der Waals surface area contributed by atoms with Gasteiger partial charge in [0.2, 0.25) is 0 Å². The van der Waals surface area contributed by atoms with Crippen molar-refractivity contribution in [2.75, 3.05) is 13.7 Å². The summed E-state index contributed by atoms with van der Waals surface area (Å²) in [5.74, 6) is 0.137. The maximum absolute atomic E-state index is 12.3. The van der Waals surface area contributed by atoms with E-state index in [1.807, 2.05) is 5.38 Å². The fraction of sp³-hybridized carbons (Fsp3) is 0.333. The second-order valence-electron chi connectivity index (χ2n) is 5.52. The predicted molar refractivity (Wildman–Crippen MR) is 90.0 cm³/mol. The molecule has 24 heavy (non-hydrogen) atoms. The lowest BCUT2D eigenvalue weighted by molar-refractivity contribution is -0.137. The Hall–Kier alpha value is -2.18. The minimum atomic E-state index is -0.433. The van der Waals surface area contributed by atoms with Gasteiger partial charge in [0.1, 0.15) is 17.6 Å². The fourth-order valence-electron chi connectivity index (χ4n) is 2.70. The number of Topliss-reactive ketones (excluding diaryl/α,β-unsaturated/α-hetero) is 1. The van der Waals surface area contributed by atoms with Crippen LogP contribution in [0.1, 0.15) is 40.2 Å². The van der Waals surface area contributed by atoms with Gasteiger partial charge in [0.05, 0.1) is 25.7 Å². The van der Waals surface area contributed by atoms with E-state index >= 15 is 0 Å². The number of rotatable bonds is 5. The van der Waals surface area contributed by atoms with Crippen LogP contribution in [-0.4, -0.2) is 25.5 Å². The first kappa shape index (κ1) is 16.7. The second kappa shape index (κ2) is 7.15. The molecule has 1 aliphatic rings. The number of ketones is 1. The molecule has 1 atom stereocenters. The number of esters is 1. The van der Waals surface area contributed by atoms with E-state index in [9.17, 15) is 9.59 Å². The summed E-state index contributed by atoms with van der Waals surface area (Å²) in [6.45, 7) is 2.03. The number of carbonyl (C=O) groups is 2. The SMILES string of the molecule is COc1ccc(C(C)=O)c(OC(=O)CC2OCCc3ccsc32)c1. The Morgan fingerprint density at radius 2 is 2.17 bits per heavy atom. The van der Waals surface area contributed by atoms with Gasteiger partial charge >= 0.3 is 5.97 Å². The Labute approximate surface area is 144 Å². The van der Waals surface area contributed by atoms with Crippen molar-refractivity contribution in [3.05, 3.63) is 45.6 Å². The molecule has 0 fully saturated rings. The van der Waals surface area contributed by atoms with E-state index in [0.717, 1.165) is 11.3 Å². The lowest BCUT2D eigenvalue weighted by Gasteiger charge is -2.22. The molecule has 2 aromatic rings. The van der Waals surface area contributed by atoms with Crippen LogP contribution in [0.2, 0.25) is 0 Å². The Balaban J connectivity index is 1.75. The Bertz CT molecular complexity index is 765. The molecule has 0 bridgehead atoms. The van der Waals surface area contributed by atoms with Crippen molar-refractivity contribution in [3.8, 4) is 11.5 Å². The minimum Gasteiger partial charge on any atom is -0.497 e. The van der Waals surface area contributed by atoms with Crippen molar-refractivity contribution >= 4 is 23.1 Å². The van der Waals surface area contributed by atoms with Crippen molar-refractivity contribution in [2.24, 2.45) is 0 Å². The molecule has 0 amide bonds. The van der Waals surface area contributed by atoms with Crippen molar-refractivity contribution < 1.29 is 23.8 Å². The average molecular weight is 346 g/mol. The molecule has 0 radical (unpaired) electrons. The van der Waals surface area contributed by atoms with Gasteiger partial charge < -0.3 is 14.2 Å². The normalized spacial score (nSPS) is 16.3. The van der Waals surface area contributed by atoms with Crippen LogP contribution in [0.5, 0.6) is 11.5 Å². The number of benzene rings is 1. The first-order valence-electron chi connectivity index (χ1n) is 7.66. The summed E-state index contributed by atoms with van der Waals surface area (Å²) in [5.41, 5.74) is 1.58. The maximum atomic E-state index is 12.3. The van der Waals surface area contributed by atoms with Gasteiger partial charge in [-0.05, 0) is 42.5 Å². The van der Waals surface area contributed by atoms with Crippen molar-refractivity contribution in [1.29, 1.82) is 0 Å². The molecule has 1 unspecified atom stereocenters. The zero-order valence-electron chi connectivity index (χ0n) is 13.5. The van der Waals surface area contributed by atoms with Gasteiger partial charge in [-0.3, -0.25) is 9.59 Å². The first-order chi connectivity index (χ1) is 11.6. The Morgan fingerprint density at radius 3 is 2.92 bits per heavy atom. The van der Waals surface area contributed by atoms with Crippen LogP contribution >= 0.6 is 11.3 Å². The van der Waals surface area contributed by atoms with E-state index in [-0.39, 0.29) is 24.1 Å². The van der Waals surface area contributed by atoms with Crippen LogP contribution in [-0.2, 0) is 16.0 Å². The highest BCUT2D eigenvalue weighted by atomic mass is 32.1. The number of fused-ring (bicyclic) bond motifs is 1. The molecule has 6 heteroatoms. The van der Waals surface area contributed by atoms with E-state index < -0.39 is 5.97 Å². The molecule has 1 aromatic carbocycles. The molecule has 0 aliphatic carbocycles. The lowest BCUT2D eigenvalue weighted by Crippen LogP contribution is -2.20. The molecule has 5 nitrogen and oxygen atoms in total. The molecule has 0 saturated heterocycles. The van der Waals surface area contributed by atoms with E-state index in [2.05, 4.69) is 6.07 Å². The molecule has 1 aromatic heterocycles. The van der Waals surface area contributed by atoms with E-state index in [0.29, 0.717) is 17.9 Å². The van der Waals surface area contributed by atoms with Crippen LogP contribution in [0, 0.1) is 0 Å². The highest BCUT2D eigenvalue weighted by Crippen LogP contribution is 2.34. The summed E-state index contributed by atoms with van der Waals surface area (Å²) >= 11 is 1.59. The van der Waals surface area contributed by atoms with E-state index in [4.69, 9.17) is 14.2 Å². The van der Waals surface area contributed by atoms with E-state index in [1.165, 1.54) is 19.6 Å². The standard InChI is InChI=1S/C18H18O5S/c1-11(19)14-4-3-13(21-2)9-15(14)23-17(20)10-16-18-12(5-7-22-16)6-8-24-18/h3-4,6,8-9,16H,5,7,10H2,1-2H3. The van der Waals surface area contributed by atoms with Gasteiger partial charge in [0.15, 0.2) is 5.78 Å². The number of carbonyl (C=O) groups excluding carboxylic acids is 2. The fourth-order valence-corrected chi connectivity index (χ4v) is 3.70. The molecule has 2 heterocycles. The summed E-state index contributed by atoms with van der Waals surface area (Å²) in [5, 5.41) is 2.01. The molecule has 3 rings (SSSR count). The molecule has 126 valence electrons. The highest BCUT2D eigenvalue weighted by Gasteiger charge is 2.26. The van der Waals surface area contributed by atoms with Gasteiger partial charge in [0, 0.05) is 10.9 Å². The number of ether oxygens (including phenoxy) is 3. The van der Waals surface area contributed by atoms with Crippen molar-refractivity contribution in [2.45, 2.75) is 25.9 Å². The summed E-state index contributed by atoms with van der Waals surface area (Å²) in [4.78, 5) is 25.1. The minimum absolute atomic E-state index is 0.113. The second-order valence-corrected chi connectivity index (χ2v) is 6.46. The number of hydrogen-bond acceptors (Lipinski definition) is 6. The van der Waals surface area contributed by atoms with Gasteiger partial charge in [0.25, 0.3) is 0 Å². The zero-order valence-corrected chi connectivity index (χ0v) is 14.4. The summed E-state index contributed by atoms with van der Waals surface area (Å²) in [6, 6.07) is 6.87. The smallest absolute Gasteiger partial charge is 0.314 e. The Morgan fingerprint density at radius 1 is 1.33 bits per heavy atom. The molecule has 0 saturated carbocycles. The van der Waals surface area contributed by atoms with Gasteiger partial charge in [-0.25, -0.2) is 0 Å². The number of hydrogen-bond donors (Lipinski definition) is 0. The molecule has 0 spiro atoms. The van der Waals surface area contributed by atoms with Crippen molar-refractivity contribution in [3.63, 3.8) is 0 Å². The summed E-state index contributed by atoms with van der Waals surface area (Å²) < 4.78 is 16.3. The quantitative estimate of drug-likeness (QED) is 0.470. The van der Waals surface area contributed by atoms with Crippen LogP contribution in [0.25, 0.3) is 0 Å². The third-order valence-corrected chi connectivity index (χ3v) is 4.96. The average Bonchev–Trinajstić information content (AvgIpc) is 3.04. The maximum Gasteiger partial charge on any atom is 0.314 e. The van der Waals surface area contributed by atoms with Crippen LogP contribution in [0.4, 0.5) is 0 Å². The van der Waals surface area contributed by atoms with Crippen LogP contribution in [0.15, 0.2) is 29.6 Å². The van der Waals surface area contributed by atoms with Crippen molar-refractivity contribution in [1.82, 2.24) is 0 Å². The molecular formula is C18H18O5S. The first-order valence-corrected chi connectivity index (χ1v) is 8.54. The number of methoxy groups -OCH3 is 1. The van der Waals surface area contributed by atoms with Gasteiger partial charge in [-0.1, -0.05) is 0 Å². The largest absolute Gasteiger partial charge is 0.497 e. The Kier molecular flexibility index (Phi) is 4.97. The van der Waals surface area contributed by atoms with Gasteiger partial charge in [-0.15, -0.1) is 11.3 Å². The third kappa shape index (κ3) is 3.49. The molecular weight excluding hydrogens is 328 g/mol. The van der Waals surface area contributed by atoms with Gasteiger partial charge in [-0.2, -0.15) is 0 Å². The van der Waals surface area contributed by atoms with Crippen LogP contribution < -0.4 is 9.47 Å². The highest BCUT2D eigenvalue weighted by molar-refractivity contribution is 7.10. The topological polar surface area (TPSA) is 61.8 Å². The summed E-state index contributed by atoms with van der Waals surface area (Å²) in [6.07, 6.45) is 0.698. The molecule has 0 N–H and O–H groups in total. The number of thiophene rings is 1. The third-order valence-electron chi connectivity index (χ3n) is 3.91. The zero-order chi connectivity index (χ0) is 17.1. The van der Waals surface area contributed by atoms with E-state index in [1.54, 1.807) is 29.5 Å². The monoisotopic (exact) mass is 346 g/mol. The summed E-state index contributed by atoms with van der Waals surface area (Å²) in [7, 11) is 1.52. The van der Waals surface area contributed by atoms with Crippen LogP contribution in [0.3, 0.4) is 0 Å². The lowest BCUT2D eigenvalue weighted by atomic mass is 10.1.